The lowest BCUT2D eigenvalue weighted by molar-refractivity contribution is 0.0502. The van der Waals surface area contributed by atoms with E-state index in [-0.39, 0.29) is 12.1 Å². The van der Waals surface area contributed by atoms with Crippen molar-refractivity contribution in [1.82, 2.24) is 10.6 Å². The maximum absolute atomic E-state index is 11.8. The summed E-state index contributed by atoms with van der Waals surface area (Å²) in [7, 11) is 0. The summed E-state index contributed by atoms with van der Waals surface area (Å²) in [6.45, 7) is 11.7. The molecule has 1 aromatic carbocycles. The molecule has 0 heterocycles. The van der Waals surface area contributed by atoms with E-state index in [4.69, 9.17) is 9.47 Å². The average molecular weight is 322 g/mol. The third kappa shape index (κ3) is 8.45. The third-order valence-corrected chi connectivity index (χ3v) is 3.14. The lowest BCUT2D eigenvalue weighted by atomic mass is 10.2. The van der Waals surface area contributed by atoms with E-state index in [1.807, 2.05) is 52.8 Å². The van der Waals surface area contributed by atoms with Gasteiger partial charge in [-0.2, -0.15) is 0 Å². The number of ether oxygens (including phenoxy) is 2. The molecule has 1 atom stereocenters. The first-order valence-corrected chi connectivity index (χ1v) is 8.26. The number of nitrogens with one attached hydrogen (secondary N) is 2. The van der Waals surface area contributed by atoms with Crippen LogP contribution in [0, 0.1) is 0 Å². The van der Waals surface area contributed by atoms with E-state index in [0.717, 1.165) is 24.3 Å². The number of rotatable bonds is 8. The summed E-state index contributed by atoms with van der Waals surface area (Å²) in [4.78, 5) is 11.8. The SMILES string of the molecule is CCOc1cccc(CNCC(CC)NC(=O)OC(C)(C)C)c1. The fourth-order valence-corrected chi connectivity index (χ4v) is 2.07. The Hall–Kier alpha value is -1.75. The highest BCUT2D eigenvalue weighted by Gasteiger charge is 2.18. The zero-order valence-electron chi connectivity index (χ0n) is 14.9. The highest BCUT2D eigenvalue weighted by molar-refractivity contribution is 5.68. The van der Waals surface area contributed by atoms with Crippen LogP contribution < -0.4 is 15.4 Å². The van der Waals surface area contributed by atoms with Gasteiger partial charge in [0.2, 0.25) is 0 Å². The summed E-state index contributed by atoms with van der Waals surface area (Å²) in [5.74, 6) is 0.880. The predicted octanol–water partition coefficient (Wildman–Crippen LogP) is 3.48. The molecule has 1 aromatic rings. The Bertz CT molecular complexity index is 483. The van der Waals surface area contributed by atoms with E-state index in [1.54, 1.807) is 0 Å². The molecule has 23 heavy (non-hydrogen) atoms. The van der Waals surface area contributed by atoms with Crippen LogP contribution in [0.25, 0.3) is 0 Å². The normalized spacial score (nSPS) is 12.6. The summed E-state index contributed by atoms with van der Waals surface area (Å²) < 4.78 is 10.8. The largest absolute Gasteiger partial charge is 0.494 e. The number of hydrogen-bond donors (Lipinski definition) is 2. The molecule has 0 saturated heterocycles. The fraction of sp³-hybridized carbons (Fsp3) is 0.611. The summed E-state index contributed by atoms with van der Waals surface area (Å²) in [6, 6.07) is 8.06. The molecular weight excluding hydrogens is 292 g/mol. The van der Waals surface area contributed by atoms with Gasteiger partial charge < -0.3 is 20.1 Å². The van der Waals surface area contributed by atoms with E-state index < -0.39 is 5.60 Å². The van der Waals surface area contributed by atoms with Crippen molar-refractivity contribution in [1.29, 1.82) is 0 Å². The second kappa shape index (κ2) is 9.40. The molecule has 5 nitrogen and oxygen atoms in total. The number of amides is 1. The average Bonchev–Trinajstić information content (AvgIpc) is 2.45. The van der Waals surface area contributed by atoms with Crippen LogP contribution in [0.15, 0.2) is 24.3 Å². The van der Waals surface area contributed by atoms with Gasteiger partial charge in [-0.3, -0.25) is 0 Å². The van der Waals surface area contributed by atoms with Gasteiger partial charge in [0.1, 0.15) is 11.4 Å². The molecule has 0 spiro atoms. The first-order valence-electron chi connectivity index (χ1n) is 8.26. The number of hydrogen-bond acceptors (Lipinski definition) is 4. The topological polar surface area (TPSA) is 59.6 Å². The Morgan fingerprint density at radius 1 is 1.26 bits per heavy atom. The third-order valence-electron chi connectivity index (χ3n) is 3.14. The molecule has 1 amide bonds. The van der Waals surface area contributed by atoms with Crippen LogP contribution in [0.3, 0.4) is 0 Å². The van der Waals surface area contributed by atoms with Gasteiger partial charge in [-0.25, -0.2) is 4.79 Å². The summed E-state index contributed by atoms with van der Waals surface area (Å²) in [6.07, 6.45) is 0.468. The minimum Gasteiger partial charge on any atom is -0.494 e. The first kappa shape index (κ1) is 19.3. The number of alkyl carbamates (subject to hydrolysis) is 1. The van der Waals surface area contributed by atoms with E-state index >= 15 is 0 Å². The summed E-state index contributed by atoms with van der Waals surface area (Å²) in [5, 5.41) is 6.26. The first-order chi connectivity index (χ1) is 10.8. The molecule has 0 aliphatic heterocycles. The van der Waals surface area contributed by atoms with Crippen molar-refractivity contribution >= 4 is 6.09 Å². The fourth-order valence-electron chi connectivity index (χ4n) is 2.07. The Balaban J connectivity index is 2.40. The molecule has 2 N–H and O–H groups in total. The molecular formula is C18H30N2O3. The van der Waals surface area contributed by atoms with Crippen molar-refractivity contribution in [2.24, 2.45) is 0 Å². The van der Waals surface area contributed by atoms with Gasteiger partial charge >= 0.3 is 6.09 Å². The summed E-state index contributed by atoms with van der Waals surface area (Å²) in [5.41, 5.74) is 0.679. The van der Waals surface area contributed by atoms with Gasteiger partial charge in [0.15, 0.2) is 0 Å². The molecule has 0 aromatic heterocycles. The molecule has 0 fully saturated rings. The minimum atomic E-state index is -0.477. The molecule has 0 bridgehead atoms. The van der Waals surface area contributed by atoms with E-state index in [9.17, 15) is 4.79 Å². The van der Waals surface area contributed by atoms with Crippen molar-refractivity contribution in [2.75, 3.05) is 13.2 Å². The van der Waals surface area contributed by atoms with Crippen LogP contribution in [-0.2, 0) is 11.3 Å². The van der Waals surface area contributed by atoms with Crippen molar-refractivity contribution in [2.45, 2.75) is 59.2 Å². The smallest absolute Gasteiger partial charge is 0.407 e. The second-order valence-electron chi connectivity index (χ2n) is 6.46. The van der Waals surface area contributed by atoms with E-state index in [0.29, 0.717) is 13.2 Å². The van der Waals surface area contributed by atoms with Gasteiger partial charge in [-0.1, -0.05) is 19.1 Å². The van der Waals surface area contributed by atoms with Gasteiger partial charge in [-0.05, 0) is 51.8 Å². The lowest BCUT2D eigenvalue weighted by Gasteiger charge is -2.23. The number of benzene rings is 1. The van der Waals surface area contributed by atoms with Crippen LogP contribution in [0.2, 0.25) is 0 Å². The van der Waals surface area contributed by atoms with Gasteiger partial charge in [0.25, 0.3) is 0 Å². The monoisotopic (exact) mass is 322 g/mol. The van der Waals surface area contributed by atoms with Crippen LogP contribution in [0.1, 0.15) is 46.6 Å². The standard InChI is InChI=1S/C18H30N2O3/c1-6-15(20-17(21)23-18(3,4)5)13-19-12-14-9-8-10-16(11-14)22-7-2/h8-11,15,19H,6-7,12-13H2,1-5H3,(H,20,21). The van der Waals surface area contributed by atoms with Crippen LogP contribution >= 0.6 is 0 Å². The Kier molecular flexibility index (Phi) is 7.89. The second-order valence-corrected chi connectivity index (χ2v) is 6.46. The molecule has 0 radical (unpaired) electrons. The van der Waals surface area contributed by atoms with Crippen LogP contribution in [-0.4, -0.2) is 30.9 Å². The Morgan fingerprint density at radius 3 is 2.61 bits per heavy atom. The zero-order chi connectivity index (χ0) is 17.3. The number of carbonyl (C=O) groups is 1. The molecule has 0 aliphatic carbocycles. The lowest BCUT2D eigenvalue weighted by Crippen LogP contribution is -2.43. The van der Waals surface area contributed by atoms with E-state index in [2.05, 4.69) is 16.7 Å². The predicted molar refractivity (Wildman–Crippen MR) is 92.8 cm³/mol. The minimum absolute atomic E-state index is 0.0416. The molecule has 5 heteroatoms. The quantitative estimate of drug-likeness (QED) is 0.769. The Morgan fingerprint density at radius 2 is 2.00 bits per heavy atom. The Labute approximate surface area is 139 Å². The van der Waals surface area contributed by atoms with Gasteiger partial charge in [0.05, 0.1) is 6.61 Å². The van der Waals surface area contributed by atoms with Crippen LogP contribution in [0.5, 0.6) is 5.75 Å². The highest BCUT2D eigenvalue weighted by Crippen LogP contribution is 2.13. The zero-order valence-corrected chi connectivity index (χ0v) is 14.9. The maximum Gasteiger partial charge on any atom is 0.407 e. The molecule has 0 saturated carbocycles. The van der Waals surface area contributed by atoms with Crippen molar-refractivity contribution in [3.8, 4) is 5.75 Å². The van der Waals surface area contributed by atoms with E-state index in [1.165, 1.54) is 0 Å². The molecule has 1 rings (SSSR count). The van der Waals surface area contributed by atoms with Gasteiger partial charge in [0, 0.05) is 19.1 Å². The van der Waals surface area contributed by atoms with Crippen molar-refractivity contribution in [3.05, 3.63) is 29.8 Å². The van der Waals surface area contributed by atoms with Crippen LogP contribution in [0.4, 0.5) is 4.79 Å². The van der Waals surface area contributed by atoms with Crippen molar-refractivity contribution < 1.29 is 14.3 Å². The molecule has 0 aliphatic rings. The maximum atomic E-state index is 11.8. The van der Waals surface area contributed by atoms with Crippen molar-refractivity contribution in [3.63, 3.8) is 0 Å². The highest BCUT2D eigenvalue weighted by atomic mass is 16.6. The summed E-state index contributed by atoms with van der Waals surface area (Å²) >= 11 is 0. The number of carbonyl (C=O) groups excluding carboxylic acids is 1. The van der Waals surface area contributed by atoms with Gasteiger partial charge in [-0.15, -0.1) is 0 Å². The molecule has 130 valence electrons. The molecule has 1 unspecified atom stereocenters.